The monoisotopic (exact) mass is 252 g/mol. The molecule has 2 aromatic rings. The minimum atomic E-state index is -0.992. The first-order valence-corrected chi connectivity index (χ1v) is 6.14. The number of hydrogen-bond acceptors (Lipinski definition) is 4. The quantitative estimate of drug-likeness (QED) is 0.822. The van der Waals surface area contributed by atoms with Gasteiger partial charge in [-0.3, -0.25) is 0 Å². The van der Waals surface area contributed by atoms with Gasteiger partial charge in [-0.2, -0.15) is 15.7 Å². The summed E-state index contributed by atoms with van der Waals surface area (Å²) >= 11 is 1.53. The lowest BCUT2D eigenvalue weighted by Crippen LogP contribution is -2.30. The first-order valence-electron chi connectivity index (χ1n) is 5.19. The summed E-state index contributed by atoms with van der Waals surface area (Å²) in [5.74, 6) is -0.120. The van der Waals surface area contributed by atoms with Crippen molar-refractivity contribution in [3.63, 3.8) is 0 Å². The van der Waals surface area contributed by atoms with Crippen molar-refractivity contribution in [2.45, 2.75) is 12.5 Å². The van der Waals surface area contributed by atoms with E-state index in [1.54, 1.807) is 19.1 Å². The van der Waals surface area contributed by atoms with E-state index in [0.29, 0.717) is 5.82 Å². The van der Waals surface area contributed by atoms with E-state index in [0.717, 1.165) is 5.56 Å². The van der Waals surface area contributed by atoms with Crippen molar-refractivity contribution in [2.75, 3.05) is 11.9 Å². The van der Waals surface area contributed by atoms with Gasteiger partial charge in [0.25, 0.3) is 0 Å². The average molecular weight is 252 g/mol. The Morgan fingerprint density at radius 3 is 2.94 bits per heavy atom. The fourth-order valence-corrected chi connectivity index (χ4v) is 2.23. The second kappa shape index (κ2) is 4.81. The minimum absolute atomic E-state index is 0.278. The van der Waals surface area contributed by atoms with E-state index in [1.165, 1.54) is 17.4 Å². The summed E-state index contributed by atoms with van der Waals surface area (Å²) in [6.45, 7) is 1.99. The van der Waals surface area contributed by atoms with Crippen molar-refractivity contribution in [1.82, 2.24) is 4.98 Å². The zero-order valence-corrected chi connectivity index (χ0v) is 10.2. The van der Waals surface area contributed by atoms with Crippen molar-refractivity contribution < 1.29 is 9.50 Å². The molecule has 0 radical (unpaired) electrons. The first kappa shape index (κ1) is 12.0. The number of nitrogens with one attached hydrogen (secondary N) is 1. The Morgan fingerprint density at radius 1 is 1.47 bits per heavy atom. The topological polar surface area (TPSA) is 45.1 Å². The highest BCUT2D eigenvalue weighted by atomic mass is 32.1. The predicted octanol–water partition coefficient (Wildman–Crippen LogP) is 2.60. The molecule has 2 heterocycles. The molecular formula is C12H13FN2OS. The molecule has 0 saturated heterocycles. The molecule has 0 saturated carbocycles. The second-order valence-corrected chi connectivity index (χ2v) is 4.77. The van der Waals surface area contributed by atoms with Crippen LogP contribution in [0.25, 0.3) is 0 Å². The number of aliphatic hydroxyl groups is 1. The van der Waals surface area contributed by atoms with Crippen LogP contribution in [0.15, 0.2) is 35.0 Å². The van der Waals surface area contributed by atoms with Gasteiger partial charge in [-0.1, -0.05) is 6.07 Å². The third-order valence-corrected chi connectivity index (χ3v) is 3.16. The van der Waals surface area contributed by atoms with Gasteiger partial charge < -0.3 is 10.4 Å². The molecule has 5 heteroatoms. The van der Waals surface area contributed by atoms with E-state index in [9.17, 15) is 9.50 Å². The minimum Gasteiger partial charge on any atom is -0.384 e. The highest BCUT2D eigenvalue weighted by Crippen LogP contribution is 2.23. The molecule has 0 aliphatic heterocycles. The van der Waals surface area contributed by atoms with Gasteiger partial charge in [-0.05, 0) is 41.4 Å². The number of hydrogen-bond donors (Lipinski definition) is 2. The fraction of sp³-hybridized carbons (Fsp3) is 0.250. The maximum absolute atomic E-state index is 12.8. The molecule has 0 aliphatic carbocycles. The lowest BCUT2D eigenvalue weighted by atomic mass is 9.99. The van der Waals surface area contributed by atoms with E-state index < -0.39 is 11.5 Å². The fourth-order valence-electron chi connectivity index (χ4n) is 1.44. The van der Waals surface area contributed by atoms with Crippen molar-refractivity contribution in [1.29, 1.82) is 0 Å². The smallest absolute Gasteiger partial charge is 0.214 e. The summed E-state index contributed by atoms with van der Waals surface area (Å²) in [6, 6.07) is 6.38. The summed E-state index contributed by atoms with van der Waals surface area (Å²) in [5, 5.41) is 16.9. The highest BCUT2D eigenvalue weighted by molar-refractivity contribution is 7.08. The number of rotatable bonds is 4. The Kier molecular flexibility index (Phi) is 3.40. The first-order chi connectivity index (χ1) is 8.08. The lowest BCUT2D eigenvalue weighted by molar-refractivity contribution is 0.0719. The highest BCUT2D eigenvalue weighted by Gasteiger charge is 2.23. The summed E-state index contributed by atoms with van der Waals surface area (Å²) in [6.07, 6.45) is 0. The lowest BCUT2D eigenvalue weighted by Gasteiger charge is -2.23. The Hall–Kier alpha value is -1.46. The molecule has 3 nitrogen and oxygen atoms in total. The average Bonchev–Trinajstić information content (AvgIpc) is 2.81. The van der Waals surface area contributed by atoms with E-state index in [-0.39, 0.29) is 6.54 Å². The molecule has 2 aromatic heterocycles. The molecular weight excluding hydrogens is 239 g/mol. The molecule has 0 fully saturated rings. The normalized spacial score (nSPS) is 14.3. The Morgan fingerprint density at radius 2 is 2.29 bits per heavy atom. The van der Waals surface area contributed by atoms with Gasteiger partial charge in [-0.15, -0.1) is 0 Å². The number of thiophene rings is 1. The SMILES string of the molecule is C[C@@](O)(CNc1cccc(F)n1)c1ccsc1. The Labute approximate surface area is 103 Å². The van der Waals surface area contributed by atoms with Gasteiger partial charge in [-0.25, -0.2) is 4.98 Å². The molecule has 0 unspecified atom stereocenters. The van der Waals surface area contributed by atoms with Gasteiger partial charge in [0.15, 0.2) is 0 Å². The van der Waals surface area contributed by atoms with Crippen LogP contribution >= 0.6 is 11.3 Å². The largest absolute Gasteiger partial charge is 0.384 e. The molecule has 0 bridgehead atoms. The van der Waals surface area contributed by atoms with Crippen LogP contribution in [-0.2, 0) is 5.60 Å². The Bertz CT molecular complexity index is 485. The standard InChI is InChI=1S/C12H13FN2OS/c1-12(16,9-5-6-17-7-9)8-14-11-4-2-3-10(13)15-11/h2-7,16H,8H2,1H3,(H,14,15)/t12-/m1/s1. The summed E-state index contributed by atoms with van der Waals surface area (Å²) < 4.78 is 12.8. The number of anilines is 1. The van der Waals surface area contributed by atoms with Crippen molar-refractivity contribution in [3.8, 4) is 0 Å². The van der Waals surface area contributed by atoms with Gasteiger partial charge in [0.05, 0.1) is 0 Å². The molecule has 17 heavy (non-hydrogen) atoms. The van der Waals surface area contributed by atoms with Crippen LogP contribution in [0.3, 0.4) is 0 Å². The zero-order valence-electron chi connectivity index (χ0n) is 9.35. The molecule has 1 atom stereocenters. The van der Waals surface area contributed by atoms with E-state index >= 15 is 0 Å². The van der Waals surface area contributed by atoms with Crippen molar-refractivity contribution >= 4 is 17.2 Å². The maximum Gasteiger partial charge on any atom is 0.214 e. The van der Waals surface area contributed by atoms with Crippen molar-refractivity contribution in [3.05, 3.63) is 46.5 Å². The van der Waals surface area contributed by atoms with Crippen LogP contribution in [0.5, 0.6) is 0 Å². The number of nitrogens with zero attached hydrogens (tertiary/aromatic N) is 1. The summed E-state index contributed by atoms with van der Waals surface area (Å²) in [4.78, 5) is 3.67. The number of halogens is 1. The molecule has 90 valence electrons. The van der Waals surface area contributed by atoms with Crippen LogP contribution in [0.2, 0.25) is 0 Å². The van der Waals surface area contributed by atoms with Crippen LogP contribution in [0.4, 0.5) is 10.2 Å². The summed E-state index contributed by atoms with van der Waals surface area (Å²) in [7, 11) is 0. The van der Waals surface area contributed by atoms with Crippen LogP contribution < -0.4 is 5.32 Å². The number of pyridine rings is 1. The third-order valence-electron chi connectivity index (χ3n) is 2.47. The van der Waals surface area contributed by atoms with Gasteiger partial charge in [0.2, 0.25) is 5.95 Å². The van der Waals surface area contributed by atoms with Crippen LogP contribution in [0, 0.1) is 5.95 Å². The van der Waals surface area contributed by atoms with Crippen LogP contribution in [0.1, 0.15) is 12.5 Å². The maximum atomic E-state index is 12.8. The molecule has 2 rings (SSSR count). The molecule has 0 spiro atoms. The Balaban J connectivity index is 2.03. The second-order valence-electron chi connectivity index (χ2n) is 3.98. The predicted molar refractivity (Wildman–Crippen MR) is 66.6 cm³/mol. The molecule has 0 aromatic carbocycles. The van der Waals surface area contributed by atoms with E-state index in [2.05, 4.69) is 10.3 Å². The summed E-state index contributed by atoms with van der Waals surface area (Å²) in [5.41, 5.74) is -0.153. The van der Waals surface area contributed by atoms with Gasteiger partial charge >= 0.3 is 0 Å². The van der Waals surface area contributed by atoms with Crippen LogP contribution in [-0.4, -0.2) is 16.6 Å². The van der Waals surface area contributed by atoms with Gasteiger partial charge in [0.1, 0.15) is 11.4 Å². The zero-order chi connectivity index (χ0) is 12.3. The number of aromatic nitrogens is 1. The molecule has 0 amide bonds. The molecule has 0 aliphatic rings. The molecule has 2 N–H and O–H groups in total. The van der Waals surface area contributed by atoms with Gasteiger partial charge in [0, 0.05) is 6.54 Å². The van der Waals surface area contributed by atoms with E-state index in [1.807, 2.05) is 16.8 Å². The van der Waals surface area contributed by atoms with Crippen molar-refractivity contribution in [2.24, 2.45) is 0 Å². The van der Waals surface area contributed by atoms with E-state index in [4.69, 9.17) is 0 Å². The third kappa shape index (κ3) is 3.01.